The van der Waals surface area contributed by atoms with E-state index < -0.39 is 11.8 Å². The van der Waals surface area contributed by atoms with Crippen LogP contribution in [0.5, 0.6) is 0 Å². The third kappa shape index (κ3) is 3.20. The summed E-state index contributed by atoms with van der Waals surface area (Å²) in [6, 6.07) is 3.89. The maximum atomic E-state index is 13.2. The Kier molecular flexibility index (Phi) is 4.15. The summed E-state index contributed by atoms with van der Waals surface area (Å²) >= 11 is 0. The number of nitrogens with two attached hydrogens (primary N) is 1. The first-order chi connectivity index (χ1) is 8.66. The van der Waals surface area contributed by atoms with E-state index in [9.17, 15) is 9.18 Å². The number of hydrogen-bond acceptors (Lipinski definition) is 4. The van der Waals surface area contributed by atoms with Crippen molar-refractivity contribution in [3.63, 3.8) is 0 Å². The molecule has 0 radical (unpaired) electrons. The van der Waals surface area contributed by atoms with E-state index in [1.54, 1.807) is 0 Å². The molecule has 0 spiro atoms. The minimum absolute atomic E-state index is 0.0194. The van der Waals surface area contributed by atoms with Crippen molar-refractivity contribution < 1.29 is 18.7 Å². The van der Waals surface area contributed by atoms with Gasteiger partial charge in [-0.2, -0.15) is 0 Å². The first-order valence-electron chi connectivity index (χ1n) is 6.00. The topological polar surface area (TPSA) is 61.6 Å². The second-order valence-corrected chi connectivity index (χ2v) is 4.30. The highest BCUT2D eigenvalue weighted by molar-refractivity contribution is 5.89. The van der Waals surface area contributed by atoms with Crippen LogP contribution in [0, 0.1) is 5.82 Å². The number of benzene rings is 1. The molecule has 1 aromatic carbocycles. The number of ether oxygens (including phenoxy) is 2. The zero-order chi connectivity index (χ0) is 13.0. The molecule has 98 valence electrons. The molecule has 5 heteroatoms. The summed E-state index contributed by atoms with van der Waals surface area (Å²) in [6.07, 6.45) is 2.93. The lowest BCUT2D eigenvalue weighted by molar-refractivity contribution is 0.0385. The van der Waals surface area contributed by atoms with Crippen molar-refractivity contribution >= 4 is 11.7 Å². The molecular formula is C13H16FNO3. The van der Waals surface area contributed by atoms with Gasteiger partial charge in [0.25, 0.3) is 0 Å². The Morgan fingerprint density at radius 3 is 3.06 bits per heavy atom. The van der Waals surface area contributed by atoms with Crippen molar-refractivity contribution in [3.8, 4) is 0 Å². The lowest BCUT2D eigenvalue weighted by atomic mass is 10.2. The molecule has 1 fully saturated rings. The van der Waals surface area contributed by atoms with Crippen molar-refractivity contribution in [2.45, 2.75) is 25.4 Å². The highest BCUT2D eigenvalue weighted by Gasteiger charge is 2.16. The molecule has 1 atom stereocenters. The van der Waals surface area contributed by atoms with E-state index in [2.05, 4.69) is 0 Å². The van der Waals surface area contributed by atoms with Gasteiger partial charge >= 0.3 is 5.97 Å². The minimum atomic E-state index is -0.608. The van der Waals surface area contributed by atoms with Gasteiger partial charge in [-0.1, -0.05) is 0 Å². The maximum absolute atomic E-state index is 13.2. The van der Waals surface area contributed by atoms with Gasteiger partial charge in [0.15, 0.2) is 0 Å². The van der Waals surface area contributed by atoms with Crippen LogP contribution in [0.1, 0.15) is 29.6 Å². The molecule has 1 aliphatic rings. The fourth-order valence-electron chi connectivity index (χ4n) is 1.89. The predicted octanol–water partition coefficient (Wildman–Crippen LogP) is 2.13. The highest BCUT2D eigenvalue weighted by atomic mass is 19.1. The summed E-state index contributed by atoms with van der Waals surface area (Å²) in [6.45, 7) is 1.07. The SMILES string of the molecule is Nc1ccc(C(=O)OCCC2CCCO2)cc1F. The third-order valence-electron chi connectivity index (χ3n) is 2.93. The average molecular weight is 253 g/mol. The van der Waals surface area contributed by atoms with E-state index in [1.807, 2.05) is 0 Å². The van der Waals surface area contributed by atoms with Gasteiger partial charge < -0.3 is 15.2 Å². The lowest BCUT2D eigenvalue weighted by Crippen LogP contribution is -2.13. The molecule has 0 amide bonds. The number of anilines is 1. The van der Waals surface area contributed by atoms with Crippen LogP contribution in [0.25, 0.3) is 0 Å². The summed E-state index contributed by atoms with van der Waals surface area (Å²) < 4.78 is 23.6. The number of carbonyl (C=O) groups is 1. The number of esters is 1. The first-order valence-corrected chi connectivity index (χ1v) is 6.00. The van der Waals surface area contributed by atoms with Crippen LogP contribution in [0.3, 0.4) is 0 Å². The van der Waals surface area contributed by atoms with Gasteiger partial charge in [-0.05, 0) is 31.0 Å². The predicted molar refractivity (Wildman–Crippen MR) is 64.7 cm³/mol. The molecule has 1 aliphatic heterocycles. The fourth-order valence-corrected chi connectivity index (χ4v) is 1.89. The highest BCUT2D eigenvalue weighted by Crippen LogP contribution is 2.16. The molecule has 0 aliphatic carbocycles. The Bertz CT molecular complexity index is 430. The van der Waals surface area contributed by atoms with E-state index in [4.69, 9.17) is 15.2 Å². The zero-order valence-corrected chi connectivity index (χ0v) is 10.0. The van der Waals surface area contributed by atoms with Gasteiger partial charge in [-0.15, -0.1) is 0 Å². The Balaban J connectivity index is 1.81. The van der Waals surface area contributed by atoms with E-state index in [0.29, 0.717) is 6.42 Å². The Morgan fingerprint density at radius 1 is 1.56 bits per heavy atom. The second-order valence-electron chi connectivity index (χ2n) is 4.30. The molecule has 0 saturated carbocycles. The van der Waals surface area contributed by atoms with Gasteiger partial charge in [-0.25, -0.2) is 9.18 Å². The molecule has 4 nitrogen and oxygen atoms in total. The summed E-state index contributed by atoms with van der Waals surface area (Å²) in [5.74, 6) is -1.14. The van der Waals surface area contributed by atoms with Crippen LogP contribution >= 0.6 is 0 Å². The van der Waals surface area contributed by atoms with Crippen LogP contribution in [0.15, 0.2) is 18.2 Å². The van der Waals surface area contributed by atoms with Crippen molar-refractivity contribution in [1.29, 1.82) is 0 Å². The molecule has 1 saturated heterocycles. The lowest BCUT2D eigenvalue weighted by Gasteiger charge is -2.09. The van der Waals surface area contributed by atoms with Crippen LogP contribution in [-0.4, -0.2) is 25.3 Å². The second kappa shape index (κ2) is 5.82. The number of carbonyl (C=O) groups excluding carboxylic acids is 1. The monoisotopic (exact) mass is 253 g/mol. The van der Waals surface area contributed by atoms with E-state index >= 15 is 0 Å². The maximum Gasteiger partial charge on any atom is 0.338 e. The van der Waals surface area contributed by atoms with Gasteiger partial charge in [-0.3, -0.25) is 0 Å². The molecule has 2 N–H and O–H groups in total. The standard InChI is InChI=1S/C13H16FNO3/c14-11-8-9(3-4-12(11)15)13(16)18-7-5-10-2-1-6-17-10/h3-4,8,10H,1-2,5-7,15H2. The van der Waals surface area contributed by atoms with E-state index in [0.717, 1.165) is 25.5 Å². The van der Waals surface area contributed by atoms with Crippen molar-refractivity contribution in [1.82, 2.24) is 0 Å². The normalized spacial score (nSPS) is 18.8. The molecule has 1 unspecified atom stereocenters. The van der Waals surface area contributed by atoms with E-state index in [1.165, 1.54) is 12.1 Å². The summed E-state index contributed by atoms with van der Waals surface area (Å²) in [7, 11) is 0. The first kappa shape index (κ1) is 12.8. The van der Waals surface area contributed by atoms with Crippen LogP contribution in [0.2, 0.25) is 0 Å². The van der Waals surface area contributed by atoms with Crippen molar-refractivity contribution in [2.24, 2.45) is 0 Å². The molecule has 0 bridgehead atoms. The number of nitrogen functional groups attached to an aromatic ring is 1. The minimum Gasteiger partial charge on any atom is -0.462 e. The summed E-state index contributed by atoms with van der Waals surface area (Å²) in [4.78, 5) is 11.6. The average Bonchev–Trinajstić information content (AvgIpc) is 2.85. The fraction of sp³-hybridized carbons (Fsp3) is 0.462. The van der Waals surface area contributed by atoms with Gasteiger partial charge in [0.2, 0.25) is 0 Å². The van der Waals surface area contributed by atoms with Crippen LogP contribution in [0.4, 0.5) is 10.1 Å². The number of hydrogen-bond donors (Lipinski definition) is 1. The summed E-state index contributed by atoms with van der Waals surface area (Å²) in [5, 5.41) is 0. The Morgan fingerprint density at radius 2 is 2.39 bits per heavy atom. The van der Waals surface area contributed by atoms with Crippen LogP contribution in [-0.2, 0) is 9.47 Å². The number of rotatable bonds is 4. The van der Waals surface area contributed by atoms with Crippen molar-refractivity contribution in [2.75, 3.05) is 18.9 Å². The molecule has 0 aromatic heterocycles. The van der Waals surface area contributed by atoms with Crippen LogP contribution < -0.4 is 5.73 Å². The molecule has 1 aromatic rings. The summed E-state index contributed by atoms with van der Waals surface area (Å²) in [5.41, 5.74) is 5.52. The number of halogens is 1. The third-order valence-corrected chi connectivity index (χ3v) is 2.93. The molecular weight excluding hydrogens is 237 g/mol. The van der Waals surface area contributed by atoms with Gasteiger partial charge in [0.05, 0.1) is 24.0 Å². The quantitative estimate of drug-likeness (QED) is 0.659. The Labute approximate surface area is 105 Å². The smallest absolute Gasteiger partial charge is 0.338 e. The molecule has 2 rings (SSSR count). The zero-order valence-electron chi connectivity index (χ0n) is 10.0. The van der Waals surface area contributed by atoms with Gasteiger partial charge in [0.1, 0.15) is 5.82 Å². The largest absolute Gasteiger partial charge is 0.462 e. The molecule has 1 heterocycles. The Hall–Kier alpha value is -1.62. The van der Waals surface area contributed by atoms with Gasteiger partial charge in [0, 0.05) is 13.0 Å². The molecule has 18 heavy (non-hydrogen) atoms. The van der Waals surface area contributed by atoms with E-state index in [-0.39, 0.29) is 24.0 Å². The van der Waals surface area contributed by atoms with Crippen molar-refractivity contribution in [3.05, 3.63) is 29.6 Å².